The van der Waals surface area contributed by atoms with E-state index in [2.05, 4.69) is 22.5 Å². The van der Waals surface area contributed by atoms with Crippen LogP contribution >= 0.6 is 0 Å². The van der Waals surface area contributed by atoms with Crippen LogP contribution in [0.4, 0.5) is 0 Å². The molecular weight excluding hydrogens is 432 g/mol. The first-order valence-electron chi connectivity index (χ1n) is 11.3. The van der Waals surface area contributed by atoms with Gasteiger partial charge in [-0.15, -0.1) is 0 Å². The summed E-state index contributed by atoms with van der Waals surface area (Å²) in [6, 6.07) is 16.5. The lowest BCUT2D eigenvalue weighted by atomic mass is 10.0. The summed E-state index contributed by atoms with van der Waals surface area (Å²) < 4.78 is 0. The number of amides is 3. The predicted octanol–water partition coefficient (Wildman–Crippen LogP) is 2.11. The summed E-state index contributed by atoms with van der Waals surface area (Å²) in [6.45, 7) is 4.31. The number of nitrogens with one attached hydrogen (secondary N) is 3. The summed E-state index contributed by atoms with van der Waals surface area (Å²) in [5.41, 5.74) is 2.55. The minimum atomic E-state index is -0.671. The highest BCUT2D eigenvalue weighted by atomic mass is 16.2. The highest BCUT2D eigenvalue weighted by molar-refractivity contribution is 5.98. The fraction of sp³-hybridized carbons (Fsp3) is 0.320. The third kappa shape index (κ3) is 6.74. The molecule has 0 aliphatic carbocycles. The van der Waals surface area contributed by atoms with Gasteiger partial charge in [0.1, 0.15) is 12.4 Å². The second-order valence-electron chi connectivity index (χ2n) is 8.01. The van der Waals surface area contributed by atoms with Gasteiger partial charge < -0.3 is 15.5 Å². The molecule has 1 saturated heterocycles. The van der Waals surface area contributed by atoms with Crippen LogP contribution < -0.4 is 10.6 Å². The molecule has 0 saturated carbocycles. The number of hydrazone groups is 1. The van der Waals surface area contributed by atoms with Crippen molar-refractivity contribution in [1.29, 1.82) is 5.41 Å². The van der Waals surface area contributed by atoms with Gasteiger partial charge in [-0.25, -0.2) is 0 Å². The van der Waals surface area contributed by atoms with Crippen molar-refractivity contribution in [1.82, 2.24) is 20.5 Å². The molecule has 0 spiro atoms. The van der Waals surface area contributed by atoms with Crippen molar-refractivity contribution in [2.45, 2.75) is 25.3 Å². The molecule has 9 heteroatoms. The van der Waals surface area contributed by atoms with Crippen molar-refractivity contribution in [3.05, 3.63) is 60.2 Å². The minimum absolute atomic E-state index is 0.0803. The molecule has 34 heavy (non-hydrogen) atoms. The van der Waals surface area contributed by atoms with Crippen molar-refractivity contribution in [3.8, 4) is 11.1 Å². The van der Waals surface area contributed by atoms with Gasteiger partial charge in [-0.2, -0.15) is 5.10 Å². The summed E-state index contributed by atoms with van der Waals surface area (Å²) in [6.07, 6.45) is 3.09. The van der Waals surface area contributed by atoms with Gasteiger partial charge in [0.15, 0.2) is 0 Å². The number of benzene rings is 2. The fourth-order valence-corrected chi connectivity index (χ4v) is 3.80. The lowest BCUT2D eigenvalue weighted by Crippen LogP contribution is -2.50. The monoisotopic (exact) mass is 462 g/mol. The second kappa shape index (κ2) is 12.3. The average Bonchev–Trinajstić information content (AvgIpc) is 3.03. The van der Waals surface area contributed by atoms with E-state index in [4.69, 9.17) is 5.41 Å². The molecule has 1 atom stereocenters. The number of rotatable bonds is 10. The Morgan fingerprint density at radius 2 is 1.82 bits per heavy atom. The summed E-state index contributed by atoms with van der Waals surface area (Å²) in [5.74, 6) is -0.866. The van der Waals surface area contributed by atoms with Crippen LogP contribution in [0.25, 0.3) is 11.1 Å². The molecule has 0 radical (unpaired) electrons. The zero-order chi connectivity index (χ0) is 24.3. The lowest BCUT2D eigenvalue weighted by Gasteiger charge is -2.24. The van der Waals surface area contributed by atoms with Crippen LogP contribution in [0.15, 0.2) is 59.7 Å². The smallest absolute Gasteiger partial charge is 0.251 e. The Labute approximate surface area is 199 Å². The van der Waals surface area contributed by atoms with Gasteiger partial charge in [0.05, 0.1) is 13.1 Å². The third-order valence-electron chi connectivity index (χ3n) is 5.67. The van der Waals surface area contributed by atoms with Crippen molar-refractivity contribution in [3.63, 3.8) is 0 Å². The topological polar surface area (TPSA) is 118 Å². The summed E-state index contributed by atoms with van der Waals surface area (Å²) in [4.78, 5) is 39.6. The van der Waals surface area contributed by atoms with E-state index < -0.39 is 6.04 Å². The molecule has 0 bridgehead atoms. The van der Waals surface area contributed by atoms with E-state index in [-0.39, 0.29) is 30.8 Å². The molecule has 1 heterocycles. The van der Waals surface area contributed by atoms with Crippen LogP contribution in [-0.4, -0.2) is 72.9 Å². The van der Waals surface area contributed by atoms with E-state index in [1.165, 1.54) is 9.91 Å². The van der Waals surface area contributed by atoms with Crippen molar-refractivity contribution >= 4 is 30.8 Å². The van der Waals surface area contributed by atoms with E-state index >= 15 is 0 Å². The average molecular weight is 463 g/mol. The molecule has 1 fully saturated rings. The zero-order valence-electron chi connectivity index (χ0n) is 19.1. The number of hydrogen-bond acceptors (Lipinski definition) is 5. The van der Waals surface area contributed by atoms with Crippen LogP contribution in [0.2, 0.25) is 0 Å². The standard InChI is InChI=1S/C25H30N6O3/c1-27-31(18-26)16-14-28-23(32)17-30-15-6-5-9-22(25(30)34)29-24(33)21-12-10-20(11-13-21)19-7-3-2-4-8-19/h2-4,7-8,10-13,18,22,26H,1,5-6,9,14-17H2,(H,28,32)(H,29,33). The van der Waals surface area contributed by atoms with Gasteiger partial charge in [0.25, 0.3) is 5.91 Å². The highest BCUT2D eigenvalue weighted by Gasteiger charge is 2.29. The lowest BCUT2D eigenvalue weighted by molar-refractivity contribution is -0.137. The van der Waals surface area contributed by atoms with Crippen LogP contribution in [0.1, 0.15) is 29.6 Å². The molecule has 2 aromatic rings. The molecule has 3 rings (SSSR count). The van der Waals surface area contributed by atoms with E-state index in [1.54, 1.807) is 12.1 Å². The molecular formula is C25H30N6O3. The Bertz CT molecular complexity index is 1000. The third-order valence-corrected chi connectivity index (χ3v) is 5.67. The molecule has 1 aliphatic rings. The van der Waals surface area contributed by atoms with E-state index in [9.17, 15) is 14.4 Å². The Kier molecular flexibility index (Phi) is 8.90. The molecule has 3 N–H and O–H groups in total. The maximum absolute atomic E-state index is 13.0. The number of nitrogens with zero attached hydrogens (tertiary/aromatic N) is 3. The number of likely N-dealkylation sites (tertiary alicyclic amines) is 1. The normalized spacial score (nSPS) is 15.7. The van der Waals surface area contributed by atoms with Gasteiger partial charge in [-0.1, -0.05) is 42.5 Å². The quantitative estimate of drug-likeness (QED) is 0.285. The van der Waals surface area contributed by atoms with Gasteiger partial charge >= 0.3 is 0 Å². The Morgan fingerprint density at radius 3 is 2.50 bits per heavy atom. The zero-order valence-corrected chi connectivity index (χ0v) is 19.1. The highest BCUT2D eigenvalue weighted by Crippen LogP contribution is 2.19. The molecule has 178 valence electrons. The van der Waals surface area contributed by atoms with E-state index in [0.29, 0.717) is 25.1 Å². The Morgan fingerprint density at radius 1 is 1.12 bits per heavy atom. The molecule has 1 aliphatic heterocycles. The number of carbonyl (C=O) groups is 3. The molecule has 3 amide bonds. The first kappa shape index (κ1) is 24.6. The summed E-state index contributed by atoms with van der Waals surface area (Å²) in [7, 11) is 0. The summed E-state index contributed by atoms with van der Waals surface area (Å²) in [5, 5.41) is 17.6. The van der Waals surface area contributed by atoms with Gasteiger partial charge in [-0.3, -0.25) is 24.8 Å². The minimum Gasteiger partial charge on any atom is -0.353 e. The van der Waals surface area contributed by atoms with Crippen molar-refractivity contribution < 1.29 is 14.4 Å². The Balaban J connectivity index is 1.56. The van der Waals surface area contributed by atoms with Crippen LogP contribution in [0.5, 0.6) is 0 Å². The first-order valence-corrected chi connectivity index (χ1v) is 11.3. The largest absolute Gasteiger partial charge is 0.353 e. The molecule has 1 unspecified atom stereocenters. The van der Waals surface area contributed by atoms with Crippen LogP contribution in [0.3, 0.4) is 0 Å². The molecule has 9 nitrogen and oxygen atoms in total. The number of hydrogen-bond donors (Lipinski definition) is 3. The van der Waals surface area contributed by atoms with Crippen LogP contribution in [-0.2, 0) is 9.59 Å². The predicted molar refractivity (Wildman–Crippen MR) is 132 cm³/mol. The van der Waals surface area contributed by atoms with Gasteiger partial charge in [0, 0.05) is 25.4 Å². The van der Waals surface area contributed by atoms with Crippen LogP contribution in [0, 0.1) is 5.41 Å². The van der Waals surface area contributed by atoms with Gasteiger partial charge in [-0.05, 0) is 42.5 Å². The SMILES string of the molecule is C=NN(C=N)CCNC(=O)CN1CCCCC(NC(=O)c2ccc(-c3ccccc3)cc2)C1=O. The second-order valence-corrected chi connectivity index (χ2v) is 8.01. The maximum Gasteiger partial charge on any atom is 0.251 e. The van der Waals surface area contributed by atoms with Crippen molar-refractivity contribution in [2.75, 3.05) is 26.2 Å². The fourth-order valence-electron chi connectivity index (χ4n) is 3.80. The van der Waals surface area contributed by atoms with E-state index in [1.807, 2.05) is 42.5 Å². The van der Waals surface area contributed by atoms with Crippen molar-refractivity contribution in [2.24, 2.45) is 5.10 Å². The number of carbonyl (C=O) groups excluding carboxylic acids is 3. The Hall–Kier alpha value is -4.01. The molecule has 0 aromatic heterocycles. The summed E-state index contributed by atoms with van der Waals surface area (Å²) >= 11 is 0. The van der Waals surface area contributed by atoms with Gasteiger partial charge in [0.2, 0.25) is 11.8 Å². The maximum atomic E-state index is 13.0. The molecule has 2 aromatic carbocycles. The van der Waals surface area contributed by atoms with E-state index in [0.717, 1.165) is 30.3 Å². The first-order chi connectivity index (χ1) is 16.5.